The first-order valence-electron chi connectivity index (χ1n) is 9.32. The smallest absolute Gasteiger partial charge is 0.222 e. The van der Waals surface area contributed by atoms with E-state index in [0.717, 1.165) is 57.1 Å². The van der Waals surface area contributed by atoms with Crippen LogP contribution in [0, 0.1) is 0 Å². The van der Waals surface area contributed by atoms with Gasteiger partial charge in [0, 0.05) is 51.4 Å². The fourth-order valence-electron chi connectivity index (χ4n) is 3.52. The van der Waals surface area contributed by atoms with Crippen molar-refractivity contribution in [2.75, 3.05) is 27.2 Å². The molecular weight excluding hydrogens is 330 g/mol. The standard InChI is InChI=1S/C18H29N7O/c1-22(2)14-16-20-21-18(23(16)3)15-7-12-24(13-8-15)17(26)6-4-10-25-11-5-9-19-25/h5,9,11,15H,4,6-8,10,12-14H2,1-3H3. The summed E-state index contributed by atoms with van der Waals surface area (Å²) in [5.41, 5.74) is 0. The number of piperidine rings is 1. The molecule has 8 nitrogen and oxygen atoms in total. The first-order chi connectivity index (χ1) is 12.5. The zero-order chi connectivity index (χ0) is 18.5. The Kier molecular flexibility index (Phi) is 6.03. The van der Waals surface area contributed by atoms with Crippen LogP contribution >= 0.6 is 0 Å². The Morgan fingerprint density at radius 2 is 2.04 bits per heavy atom. The lowest BCUT2D eigenvalue weighted by molar-refractivity contribution is -0.132. The van der Waals surface area contributed by atoms with Gasteiger partial charge < -0.3 is 14.4 Å². The van der Waals surface area contributed by atoms with Crippen LogP contribution in [0.25, 0.3) is 0 Å². The van der Waals surface area contributed by atoms with Crippen molar-refractivity contribution in [3.8, 4) is 0 Å². The van der Waals surface area contributed by atoms with Crippen molar-refractivity contribution in [3.63, 3.8) is 0 Å². The molecule has 2 aromatic heterocycles. The lowest BCUT2D eigenvalue weighted by atomic mass is 9.95. The minimum atomic E-state index is 0.252. The first-order valence-corrected chi connectivity index (χ1v) is 9.32. The Labute approximate surface area is 154 Å². The van der Waals surface area contributed by atoms with E-state index in [2.05, 4.69) is 24.8 Å². The van der Waals surface area contributed by atoms with Gasteiger partial charge in [-0.05, 0) is 39.4 Å². The van der Waals surface area contributed by atoms with Crippen molar-refractivity contribution in [3.05, 3.63) is 30.1 Å². The lowest BCUT2D eigenvalue weighted by Crippen LogP contribution is -2.38. The van der Waals surface area contributed by atoms with Crippen molar-refractivity contribution in [2.24, 2.45) is 7.05 Å². The van der Waals surface area contributed by atoms with Gasteiger partial charge in [0.25, 0.3) is 0 Å². The highest BCUT2D eigenvalue weighted by molar-refractivity contribution is 5.76. The summed E-state index contributed by atoms with van der Waals surface area (Å²) >= 11 is 0. The van der Waals surface area contributed by atoms with Crippen molar-refractivity contribution < 1.29 is 4.79 Å². The molecule has 0 radical (unpaired) electrons. The number of amides is 1. The predicted molar refractivity (Wildman–Crippen MR) is 98.4 cm³/mol. The number of carbonyl (C=O) groups is 1. The van der Waals surface area contributed by atoms with Gasteiger partial charge in [-0.25, -0.2) is 0 Å². The van der Waals surface area contributed by atoms with E-state index in [1.54, 1.807) is 6.20 Å². The van der Waals surface area contributed by atoms with Crippen LogP contribution in [0.15, 0.2) is 18.5 Å². The summed E-state index contributed by atoms with van der Waals surface area (Å²) in [6, 6.07) is 1.91. The number of aryl methyl sites for hydroxylation is 1. The maximum Gasteiger partial charge on any atom is 0.222 e. The van der Waals surface area contributed by atoms with E-state index in [0.29, 0.717) is 12.3 Å². The van der Waals surface area contributed by atoms with Crippen LogP contribution in [-0.2, 0) is 24.9 Å². The largest absolute Gasteiger partial charge is 0.343 e. The first kappa shape index (κ1) is 18.6. The van der Waals surface area contributed by atoms with Gasteiger partial charge in [0.1, 0.15) is 11.6 Å². The molecule has 0 saturated carbocycles. The van der Waals surface area contributed by atoms with Crippen LogP contribution in [0.3, 0.4) is 0 Å². The van der Waals surface area contributed by atoms with Gasteiger partial charge in [-0.1, -0.05) is 0 Å². The van der Waals surface area contributed by atoms with Gasteiger partial charge >= 0.3 is 0 Å². The van der Waals surface area contributed by atoms with Gasteiger partial charge in [0.05, 0.1) is 6.54 Å². The number of likely N-dealkylation sites (tertiary alicyclic amines) is 1. The van der Waals surface area contributed by atoms with Crippen LogP contribution in [-0.4, -0.2) is 67.4 Å². The Bertz CT molecular complexity index is 699. The Morgan fingerprint density at radius 1 is 1.27 bits per heavy atom. The Hall–Kier alpha value is -2.22. The van der Waals surface area contributed by atoms with Crippen molar-refractivity contribution in [2.45, 2.75) is 44.7 Å². The molecule has 3 heterocycles. The summed E-state index contributed by atoms with van der Waals surface area (Å²) in [5, 5.41) is 12.9. The summed E-state index contributed by atoms with van der Waals surface area (Å²) < 4.78 is 3.99. The molecule has 1 aliphatic heterocycles. The molecule has 1 aliphatic rings. The number of rotatable bonds is 7. The summed E-state index contributed by atoms with van der Waals surface area (Å²) in [7, 11) is 6.11. The highest BCUT2D eigenvalue weighted by Crippen LogP contribution is 2.27. The molecule has 0 aromatic carbocycles. The molecule has 0 bridgehead atoms. The van der Waals surface area contributed by atoms with Gasteiger partial charge in [-0.3, -0.25) is 9.48 Å². The van der Waals surface area contributed by atoms with Crippen molar-refractivity contribution in [1.29, 1.82) is 0 Å². The van der Waals surface area contributed by atoms with Gasteiger partial charge in [0.15, 0.2) is 0 Å². The summed E-state index contributed by atoms with van der Waals surface area (Å²) in [6.07, 6.45) is 7.03. The van der Waals surface area contributed by atoms with Crippen molar-refractivity contribution in [1.82, 2.24) is 34.3 Å². The quantitative estimate of drug-likeness (QED) is 0.744. The second-order valence-electron chi connectivity index (χ2n) is 7.30. The number of aromatic nitrogens is 5. The number of carbonyl (C=O) groups excluding carboxylic acids is 1. The van der Waals surface area contributed by atoms with E-state index in [4.69, 9.17) is 0 Å². The normalized spacial score (nSPS) is 15.8. The molecule has 0 atom stereocenters. The van der Waals surface area contributed by atoms with Crippen molar-refractivity contribution >= 4 is 5.91 Å². The number of hydrogen-bond donors (Lipinski definition) is 0. The fourth-order valence-corrected chi connectivity index (χ4v) is 3.52. The molecule has 26 heavy (non-hydrogen) atoms. The molecule has 0 N–H and O–H groups in total. The Morgan fingerprint density at radius 3 is 2.69 bits per heavy atom. The zero-order valence-corrected chi connectivity index (χ0v) is 16.0. The topological polar surface area (TPSA) is 72.1 Å². The van der Waals surface area contributed by atoms with Crippen LogP contribution in [0.2, 0.25) is 0 Å². The Balaban J connectivity index is 1.46. The summed E-state index contributed by atoms with van der Waals surface area (Å²) in [6.45, 7) is 3.20. The maximum absolute atomic E-state index is 12.4. The second-order valence-corrected chi connectivity index (χ2v) is 7.30. The van der Waals surface area contributed by atoms with E-state index in [9.17, 15) is 4.79 Å². The molecule has 1 amide bonds. The van der Waals surface area contributed by atoms with E-state index in [1.165, 1.54) is 0 Å². The fraction of sp³-hybridized carbons (Fsp3) is 0.667. The second kappa shape index (κ2) is 8.44. The molecule has 142 valence electrons. The average Bonchev–Trinajstić information content (AvgIpc) is 3.25. The van der Waals surface area contributed by atoms with Crippen LogP contribution in [0.1, 0.15) is 43.3 Å². The molecular formula is C18H29N7O. The molecule has 2 aromatic rings. The van der Waals surface area contributed by atoms with Gasteiger partial charge in [-0.15, -0.1) is 10.2 Å². The third-order valence-corrected chi connectivity index (χ3v) is 5.01. The number of hydrogen-bond acceptors (Lipinski definition) is 5. The van der Waals surface area contributed by atoms with E-state index >= 15 is 0 Å². The molecule has 1 fully saturated rings. The van der Waals surface area contributed by atoms with E-state index in [1.807, 2.05) is 43.0 Å². The highest BCUT2D eigenvalue weighted by atomic mass is 16.2. The maximum atomic E-state index is 12.4. The predicted octanol–water partition coefficient (Wildman–Crippen LogP) is 1.26. The molecule has 3 rings (SSSR count). The van der Waals surface area contributed by atoms with E-state index < -0.39 is 0 Å². The third kappa shape index (κ3) is 4.49. The molecule has 1 saturated heterocycles. The monoisotopic (exact) mass is 359 g/mol. The average molecular weight is 359 g/mol. The summed E-state index contributed by atoms with van der Waals surface area (Å²) in [4.78, 5) is 16.5. The SMILES string of the molecule is CN(C)Cc1nnc(C2CCN(C(=O)CCCn3cccn3)CC2)n1C. The summed E-state index contributed by atoms with van der Waals surface area (Å²) in [5.74, 6) is 2.67. The lowest BCUT2D eigenvalue weighted by Gasteiger charge is -2.31. The zero-order valence-electron chi connectivity index (χ0n) is 16.0. The minimum absolute atomic E-state index is 0.252. The molecule has 8 heteroatoms. The van der Waals surface area contributed by atoms with Crippen LogP contribution < -0.4 is 0 Å². The van der Waals surface area contributed by atoms with Crippen LogP contribution in [0.4, 0.5) is 0 Å². The van der Waals surface area contributed by atoms with Gasteiger partial charge in [0.2, 0.25) is 5.91 Å². The van der Waals surface area contributed by atoms with E-state index in [-0.39, 0.29) is 5.91 Å². The van der Waals surface area contributed by atoms with Crippen LogP contribution in [0.5, 0.6) is 0 Å². The van der Waals surface area contributed by atoms with Gasteiger partial charge in [-0.2, -0.15) is 5.10 Å². The highest BCUT2D eigenvalue weighted by Gasteiger charge is 2.27. The third-order valence-electron chi connectivity index (χ3n) is 5.01. The molecule has 0 aliphatic carbocycles. The minimum Gasteiger partial charge on any atom is -0.343 e. The molecule has 0 unspecified atom stereocenters. The molecule has 0 spiro atoms. The number of nitrogens with zero attached hydrogens (tertiary/aromatic N) is 7.